The fourth-order valence-corrected chi connectivity index (χ4v) is 1.63. The number of hydrogen-bond acceptors (Lipinski definition) is 6. The summed E-state index contributed by atoms with van der Waals surface area (Å²) in [4.78, 5) is 23.6. The van der Waals surface area contributed by atoms with E-state index in [0.29, 0.717) is 25.4 Å². The highest BCUT2D eigenvalue weighted by Crippen LogP contribution is 2.13. The van der Waals surface area contributed by atoms with Crippen LogP contribution in [0.5, 0.6) is 0 Å². The van der Waals surface area contributed by atoms with Crippen LogP contribution < -0.4 is 0 Å². The van der Waals surface area contributed by atoms with Crippen LogP contribution >= 0.6 is 0 Å². The molecule has 0 aliphatic heterocycles. The zero-order valence-corrected chi connectivity index (χ0v) is 15.3. The second-order valence-electron chi connectivity index (χ2n) is 5.16. The molecule has 0 aliphatic carbocycles. The Bertz CT molecular complexity index is 427. The molecular formula is C18H30O6. The molecule has 0 spiro atoms. The van der Waals surface area contributed by atoms with Gasteiger partial charge in [-0.25, -0.2) is 9.59 Å². The van der Waals surface area contributed by atoms with Crippen LogP contribution in [0.1, 0.15) is 53.4 Å². The molecule has 138 valence electrons. The zero-order valence-electron chi connectivity index (χ0n) is 15.3. The van der Waals surface area contributed by atoms with Gasteiger partial charge in [0.2, 0.25) is 6.29 Å². The number of ether oxygens (including phenoxy) is 4. The molecule has 0 bridgehead atoms. The van der Waals surface area contributed by atoms with E-state index >= 15 is 0 Å². The molecule has 1 atom stereocenters. The lowest BCUT2D eigenvalue weighted by atomic mass is 10.2. The third kappa shape index (κ3) is 9.35. The van der Waals surface area contributed by atoms with Crippen molar-refractivity contribution in [1.29, 1.82) is 0 Å². The van der Waals surface area contributed by atoms with Gasteiger partial charge < -0.3 is 18.9 Å². The van der Waals surface area contributed by atoms with E-state index in [1.165, 1.54) is 0 Å². The molecule has 0 aliphatic rings. The summed E-state index contributed by atoms with van der Waals surface area (Å²) in [5.74, 6) is -0.847. The highest BCUT2D eigenvalue weighted by atomic mass is 16.7. The monoisotopic (exact) mass is 342 g/mol. The molecule has 0 amide bonds. The first-order valence-electron chi connectivity index (χ1n) is 8.44. The van der Waals surface area contributed by atoms with E-state index < -0.39 is 18.2 Å². The van der Waals surface area contributed by atoms with E-state index in [1.807, 2.05) is 13.8 Å². The average molecular weight is 342 g/mol. The maximum atomic E-state index is 12.4. The summed E-state index contributed by atoms with van der Waals surface area (Å²) in [7, 11) is 0. The Morgan fingerprint density at radius 3 is 2.33 bits per heavy atom. The number of rotatable bonds is 13. The SMILES string of the molecule is C=CC(=O)OC/C(C(=O)OC(CC)OCCCC)=C(/C)OCCC. The molecule has 24 heavy (non-hydrogen) atoms. The molecule has 0 N–H and O–H groups in total. The van der Waals surface area contributed by atoms with Gasteiger partial charge in [-0.05, 0) is 19.8 Å². The Morgan fingerprint density at radius 2 is 1.79 bits per heavy atom. The molecule has 0 rings (SSSR count). The molecule has 0 aromatic heterocycles. The Hall–Kier alpha value is -1.82. The van der Waals surface area contributed by atoms with Crippen molar-refractivity contribution in [2.24, 2.45) is 0 Å². The molecule has 0 aromatic rings. The second-order valence-corrected chi connectivity index (χ2v) is 5.16. The lowest BCUT2D eigenvalue weighted by Crippen LogP contribution is -2.25. The molecule has 0 radical (unpaired) electrons. The molecule has 0 saturated carbocycles. The first-order chi connectivity index (χ1) is 11.5. The van der Waals surface area contributed by atoms with Crippen LogP contribution in [0, 0.1) is 0 Å². The van der Waals surface area contributed by atoms with Gasteiger partial charge in [0, 0.05) is 12.5 Å². The predicted octanol–water partition coefficient (Wildman–Crippen LogP) is 3.51. The van der Waals surface area contributed by atoms with Crippen molar-refractivity contribution in [1.82, 2.24) is 0 Å². The summed E-state index contributed by atoms with van der Waals surface area (Å²) in [6, 6.07) is 0. The van der Waals surface area contributed by atoms with E-state index in [2.05, 4.69) is 13.5 Å². The van der Waals surface area contributed by atoms with Crippen LogP contribution in [0.2, 0.25) is 0 Å². The number of unbranched alkanes of at least 4 members (excludes halogenated alkanes) is 1. The number of hydrogen-bond donors (Lipinski definition) is 0. The highest BCUT2D eigenvalue weighted by molar-refractivity contribution is 5.90. The van der Waals surface area contributed by atoms with Gasteiger partial charge in [-0.2, -0.15) is 0 Å². The fourth-order valence-electron chi connectivity index (χ4n) is 1.63. The molecule has 0 fully saturated rings. The second kappa shape index (κ2) is 13.6. The van der Waals surface area contributed by atoms with Gasteiger partial charge in [-0.3, -0.25) is 0 Å². The first kappa shape index (κ1) is 22.2. The molecular weight excluding hydrogens is 312 g/mol. The summed E-state index contributed by atoms with van der Waals surface area (Å²) in [5, 5.41) is 0. The maximum absolute atomic E-state index is 12.4. The van der Waals surface area contributed by atoms with Crippen LogP contribution in [0.25, 0.3) is 0 Å². The quantitative estimate of drug-likeness (QED) is 0.168. The Balaban J connectivity index is 4.92. The standard InChI is InChI=1S/C18H30O6/c1-6-10-12-22-17(9-4)24-18(20)15(13-23-16(19)8-3)14(5)21-11-7-2/h8,17H,3,6-7,9-13H2,1-2,4-5H3/b15-14+. The third-order valence-electron chi connectivity index (χ3n) is 3.09. The van der Waals surface area contributed by atoms with Crippen molar-refractivity contribution in [3.63, 3.8) is 0 Å². The molecule has 6 nitrogen and oxygen atoms in total. The van der Waals surface area contributed by atoms with Gasteiger partial charge in [-0.1, -0.05) is 33.8 Å². The number of carbonyl (C=O) groups excluding carboxylic acids is 2. The van der Waals surface area contributed by atoms with Gasteiger partial charge >= 0.3 is 11.9 Å². The van der Waals surface area contributed by atoms with Gasteiger partial charge in [0.1, 0.15) is 17.9 Å². The van der Waals surface area contributed by atoms with E-state index in [-0.39, 0.29) is 12.2 Å². The van der Waals surface area contributed by atoms with Gasteiger partial charge in [-0.15, -0.1) is 0 Å². The molecule has 0 saturated heterocycles. The van der Waals surface area contributed by atoms with Crippen molar-refractivity contribution >= 4 is 11.9 Å². The Morgan fingerprint density at radius 1 is 1.08 bits per heavy atom. The van der Waals surface area contributed by atoms with Crippen LogP contribution in [0.3, 0.4) is 0 Å². The van der Waals surface area contributed by atoms with Crippen LogP contribution in [0.4, 0.5) is 0 Å². The van der Waals surface area contributed by atoms with E-state index in [9.17, 15) is 9.59 Å². The Labute approximate surface area is 144 Å². The summed E-state index contributed by atoms with van der Waals surface area (Å²) in [5.41, 5.74) is 0.163. The minimum atomic E-state index is -0.631. The molecule has 0 aromatic carbocycles. The fraction of sp³-hybridized carbons (Fsp3) is 0.667. The van der Waals surface area contributed by atoms with Crippen LogP contribution in [-0.4, -0.2) is 38.0 Å². The van der Waals surface area contributed by atoms with Crippen molar-refractivity contribution in [2.45, 2.75) is 59.7 Å². The normalized spacial score (nSPS) is 12.8. The van der Waals surface area contributed by atoms with Gasteiger partial charge in [0.15, 0.2) is 0 Å². The maximum Gasteiger partial charge on any atom is 0.343 e. The topological polar surface area (TPSA) is 71.1 Å². The van der Waals surface area contributed by atoms with E-state index in [1.54, 1.807) is 6.92 Å². The van der Waals surface area contributed by atoms with Crippen molar-refractivity contribution in [3.8, 4) is 0 Å². The predicted molar refractivity (Wildman–Crippen MR) is 91.1 cm³/mol. The van der Waals surface area contributed by atoms with Crippen molar-refractivity contribution in [2.75, 3.05) is 19.8 Å². The molecule has 6 heteroatoms. The minimum absolute atomic E-state index is 0.163. The summed E-state index contributed by atoms with van der Waals surface area (Å²) >= 11 is 0. The summed E-state index contributed by atoms with van der Waals surface area (Å²) in [6.07, 6.45) is 3.62. The lowest BCUT2D eigenvalue weighted by Gasteiger charge is -2.19. The number of carbonyl (C=O) groups is 2. The van der Waals surface area contributed by atoms with Crippen LogP contribution in [0.15, 0.2) is 24.0 Å². The highest BCUT2D eigenvalue weighted by Gasteiger charge is 2.21. The smallest absolute Gasteiger partial charge is 0.343 e. The van der Waals surface area contributed by atoms with Crippen LogP contribution in [-0.2, 0) is 28.5 Å². The minimum Gasteiger partial charge on any atom is -0.498 e. The van der Waals surface area contributed by atoms with Gasteiger partial charge in [0.25, 0.3) is 0 Å². The summed E-state index contributed by atoms with van der Waals surface area (Å²) < 4.78 is 21.3. The van der Waals surface area contributed by atoms with E-state index in [0.717, 1.165) is 25.3 Å². The zero-order chi connectivity index (χ0) is 18.4. The molecule has 1 unspecified atom stereocenters. The number of esters is 2. The largest absolute Gasteiger partial charge is 0.498 e. The van der Waals surface area contributed by atoms with Crippen molar-refractivity contribution < 1.29 is 28.5 Å². The van der Waals surface area contributed by atoms with Crippen molar-refractivity contribution in [3.05, 3.63) is 24.0 Å². The average Bonchev–Trinajstić information content (AvgIpc) is 2.58. The first-order valence-corrected chi connectivity index (χ1v) is 8.44. The third-order valence-corrected chi connectivity index (χ3v) is 3.09. The number of allylic oxidation sites excluding steroid dienone is 1. The van der Waals surface area contributed by atoms with E-state index in [4.69, 9.17) is 18.9 Å². The lowest BCUT2D eigenvalue weighted by molar-refractivity contribution is -0.175. The molecule has 0 heterocycles. The Kier molecular flexibility index (Phi) is 12.6. The summed E-state index contributed by atoms with van der Waals surface area (Å²) in [6.45, 7) is 11.6. The van der Waals surface area contributed by atoms with Gasteiger partial charge in [0.05, 0.1) is 13.2 Å².